The van der Waals surface area contributed by atoms with Crippen LogP contribution in [-0.4, -0.2) is 41.2 Å². The summed E-state index contributed by atoms with van der Waals surface area (Å²) in [7, 11) is 3.20. The van der Waals surface area contributed by atoms with Crippen molar-refractivity contribution in [3.63, 3.8) is 0 Å². The first-order chi connectivity index (χ1) is 17.6. The molecule has 0 bridgehead atoms. The summed E-state index contributed by atoms with van der Waals surface area (Å²) in [5, 5.41) is 4.54. The van der Waals surface area contributed by atoms with Crippen LogP contribution in [0.4, 0.5) is 0 Å². The Hall–Kier alpha value is -4.59. The van der Waals surface area contributed by atoms with Gasteiger partial charge in [-0.25, -0.2) is 4.98 Å². The van der Waals surface area contributed by atoms with Crippen LogP contribution in [0, 0.1) is 0 Å². The summed E-state index contributed by atoms with van der Waals surface area (Å²) in [5.41, 5.74) is 3.25. The van der Waals surface area contributed by atoms with Gasteiger partial charge in [0.1, 0.15) is 6.54 Å². The van der Waals surface area contributed by atoms with Gasteiger partial charge in [-0.15, -0.1) is 0 Å². The number of nitrogens with one attached hydrogen (secondary N) is 2. The number of methoxy groups -OCH3 is 2. The molecule has 8 nitrogen and oxygen atoms in total. The van der Waals surface area contributed by atoms with Crippen LogP contribution in [0.15, 0.2) is 84.0 Å². The molecule has 0 aliphatic heterocycles. The minimum absolute atomic E-state index is 0.132. The average Bonchev–Trinajstić information content (AvgIpc) is 3.34. The normalized spacial score (nSPS) is 11.9. The molecule has 36 heavy (non-hydrogen) atoms. The van der Waals surface area contributed by atoms with Crippen LogP contribution in [0.5, 0.6) is 11.5 Å². The Morgan fingerprint density at radius 1 is 0.972 bits per heavy atom. The summed E-state index contributed by atoms with van der Waals surface area (Å²) in [6.45, 7) is 0.159. The van der Waals surface area contributed by atoms with Gasteiger partial charge < -0.3 is 19.8 Å². The molecule has 2 aromatic heterocycles. The number of aromatic nitrogens is 3. The monoisotopic (exact) mass is 482 g/mol. The molecule has 0 aliphatic rings. The Balaban J connectivity index is 1.46. The Labute approximate surface area is 207 Å². The van der Waals surface area contributed by atoms with Gasteiger partial charge in [0.05, 0.1) is 31.4 Å². The average molecular weight is 483 g/mol. The maximum atomic E-state index is 13.0. The van der Waals surface area contributed by atoms with E-state index in [1.807, 2.05) is 54.7 Å². The SMILES string of the molecule is COc1cccc(C(CNC(=O)Cn2cnc3ccccc3c2=O)c2c[nH]c3ccccc23)c1OC. The molecule has 1 unspecified atom stereocenters. The maximum absolute atomic E-state index is 13.0. The van der Waals surface area contributed by atoms with E-state index in [9.17, 15) is 9.59 Å². The molecule has 5 aromatic rings. The lowest BCUT2D eigenvalue weighted by Crippen LogP contribution is -2.35. The second-order valence-corrected chi connectivity index (χ2v) is 8.42. The first kappa shape index (κ1) is 23.2. The third-order valence-electron chi connectivity index (χ3n) is 6.35. The lowest BCUT2D eigenvalue weighted by atomic mass is 9.90. The van der Waals surface area contributed by atoms with Crippen molar-refractivity contribution in [3.8, 4) is 11.5 Å². The molecule has 8 heteroatoms. The van der Waals surface area contributed by atoms with Crippen molar-refractivity contribution >= 4 is 27.7 Å². The highest BCUT2D eigenvalue weighted by Crippen LogP contribution is 2.40. The number of nitrogens with zero attached hydrogens (tertiary/aromatic N) is 2. The van der Waals surface area contributed by atoms with Gasteiger partial charge in [0.25, 0.3) is 5.56 Å². The molecular formula is C28H26N4O4. The van der Waals surface area contributed by atoms with Crippen LogP contribution >= 0.6 is 0 Å². The van der Waals surface area contributed by atoms with E-state index in [0.717, 1.165) is 22.0 Å². The Bertz CT molecular complexity index is 1600. The van der Waals surface area contributed by atoms with E-state index >= 15 is 0 Å². The van der Waals surface area contributed by atoms with E-state index in [0.29, 0.717) is 28.9 Å². The van der Waals surface area contributed by atoms with Crippen LogP contribution in [0.3, 0.4) is 0 Å². The number of benzene rings is 3. The van der Waals surface area contributed by atoms with E-state index in [1.165, 1.54) is 10.9 Å². The number of hydrogen-bond donors (Lipinski definition) is 2. The summed E-state index contributed by atoms with van der Waals surface area (Å²) in [5.74, 6) is 0.696. The van der Waals surface area contributed by atoms with E-state index in [-0.39, 0.29) is 23.9 Å². The Morgan fingerprint density at radius 2 is 1.75 bits per heavy atom. The van der Waals surface area contributed by atoms with Crippen molar-refractivity contribution in [2.75, 3.05) is 20.8 Å². The van der Waals surface area contributed by atoms with Crippen molar-refractivity contribution in [3.05, 3.63) is 101 Å². The number of amides is 1. The maximum Gasteiger partial charge on any atom is 0.261 e. The molecule has 1 atom stereocenters. The molecule has 0 aliphatic carbocycles. The number of aromatic amines is 1. The van der Waals surface area contributed by atoms with Crippen LogP contribution in [0.25, 0.3) is 21.8 Å². The van der Waals surface area contributed by atoms with Crippen LogP contribution in [-0.2, 0) is 11.3 Å². The molecular weight excluding hydrogens is 456 g/mol. The third-order valence-corrected chi connectivity index (χ3v) is 6.35. The number of ether oxygens (including phenoxy) is 2. The quantitative estimate of drug-likeness (QED) is 0.350. The first-order valence-electron chi connectivity index (χ1n) is 11.6. The molecule has 5 rings (SSSR count). The van der Waals surface area contributed by atoms with E-state index in [4.69, 9.17) is 9.47 Å². The summed E-state index contributed by atoms with van der Waals surface area (Å²) >= 11 is 0. The van der Waals surface area contributed by atoms with Gasteiger partial charge in [-0.1, -0.05) is 42.5 Å². The van der Waals surface area contributed by atoms with Gasteiger partial charge in [0, 0.05) is 35.1 Å². The lowest BCUT2D eigenvalue weighted by molar-refractivity contribution is -0.121. The second-order valence-electron chi connectivity index (χ2n) is 8.42. The molecule has 0 saturated heterocycles. The van der Waals surface area contributed by atoms with Gasteiger partial charge in [0.15, 0.2) is 11.5 Å². The second kappa shape index (κ2) is 9.95. The topological polar surface area (TPSA) is 98.2 Å². The smallest absolute Gasteiger partial charge is 0.261 e. The zero-order chi connectivity index (χ0) is 25.1. The van der Waals surface area contributed by atoms with Crippen molar-refractivity contribution < 1.29 is 14.3 Å². The first-order valence-corrected chi connectivity index (χ1v) is 11.6. The fourth-order valence-corrected chi connectivity index (χ4v) is 4.60. The van der Waals surface area contributed by atoms with Crippen molar-refractivity contribution in [1.82, 2.24) is 19.9 Å². The number of para-hydroxylation sites is 3. The predicted molar refractivity (Wildman–Crippen MR) is 139 cm³/mol. The van der Waals surface area contributed by atoms with Gasteiger partial charge in [-0.3, -0.25) is 14.2 Å². The molecule has 2 N–H and O–H groups in total. The summed E-state index contributed by atoms with van der Waals surface area (Å²) in [6.07, 6.45) is 3.37. The van der Waals surface area contributed by atoms with Gasteiger partial charge >= 0.3 is 0 Å². The Morgan fingerprint density at radius 3 is 2.56 bits per heavy atom. The summed E-state index contributed by atoms with van der Waals surface area (Å²) < 4.78 is 12.6. The van der Waals surface area contributed by atoms with Gasteiger partial charge in [-0.05, 0) is 29.8 Å². The van der Waals surface area contributed by atoms with E-state index in [2.05, 4.69) is 15.3 Å². The number of H-pyrrole nitrogens is 1. The van der Waals surface area contributed by atoms with Gasteiger partial charge in [0.2, 0.25) is 5.91 Å². The molecule has 3 aromatic carbocycles. The largest absolute Gasteiger partial charge is 0.493 e. The fourth-order valence-electron chi connectivity index (χ4n) is 4.60. The molecule has 1 amide bonds. The fraction of sp³-hybridized carbons (Fsp3) is 0.179. The highest BCUT2D eigenvalue weighted by atomic mass is 16.5. The molecule has 0 radical (unpaired) electrons. The molecule has 182 valence electrons. The molecule has 2 heterocycles. The number of carbonyl (C=O) groups excluding carboxylic acids is 1. The van der Waals surface area contributed by atoms with Crippen molar-refractivity contribution in [2.45, 2.75) is 12.5 Å². The highest BCUT2D eigenvalue weighted by molar-refractivity contribution is 5.85. The number of rotatable bonds is 8. The van der Waals surface area contributed by atoms with Crippen LogP contribution in [0.2, 0.25) is 0 Å². The standard InChI is InChI=1S/C28H26N4O4/c1-35-25-13-7-10-19(27(25)36-2)22(21-14-29-23-11-5-3-8-18(21)23)15-30-26(33)16-32-17-31-24-12-6-4-9-20(24)28(32)34/h3-14,17,22,29H,15-16H2,1-2H3,(H,30,33). The highest BCUT2D eigenvalue weighted by Gasteiger charge is 2.24. The zero-order valence-electron chi connectivity index (χ0n) is 20.0. The molecule has 0 fully saturated rings. The minimum Gasteiger partial charge on any atom is -0.493 e. The van der Waals surface area contributed by atoms with E-state index in [1.54, 1.807) is 32.4 Å². The Kier molecular flexibility index (Phi) is 6.40. The zero-order valence-corrected chi connectivity index (χ0v) is 20.0. The molecule has 0 spiro atoms. The van der Waals surface area contributed by atoms with E-state index < -0.39 is 0 Å². The minimum atomic E-state index is -0.291. The van der Waals surface area contributed by atoms with Crippen LogP contribution < -0.4 is 20.3 Å². The predicted octanol–water partition coefficient (Wildman–Crippen LogP) is 3.84. The van der Waals surface area contributed by atoms with Crippen molar-refractivity contribution in [1.29, 1.82) is 0 Å². The summed E-state index contributed by atoms with van der Waals surface area (Å²) in [6, 6.07) is 20.8. The number of carbonyl (C=O) groups is 1. The van der Waals surface area contributed by atoms with Crippen molar-refractivity contribution in [2.24, 2.45) is 0 Å². The summed E-state index contributed by atoms with van der Waals surface area (Å²) in [4.78, 5) is 33.4. The third kappa shape index (κ3) is 4.29. The molecule has 0 saturated carbocycles. The lowest BCUT2D eigenvalue weighted by Gasteiger charge is -2.22. The van der Waals surface area contributed by atoms with Gasteiger partial charge in [-0.2, -0.15) is 0 Å². The number of hydrogen-bond acceptors (Lipinski definition) is 5. The number of fused-ring (bicyclic) bond motifs is 2. The van der Waals surface area contributed by atoms with Crippen LogP contribution in [0.1, 0.15) is 17.0 Å².